The summed E-state index contributed by atoms with van der Waals surface area (Å²) in [4.78, 5) is 10.9. The number of benzene rings is 3. The van der Waals surface area contributed by atoms with Crippen molar-refractivity contribution in [3.63, 3.8) is 0 Å². The maximum Gasteiger partial charge on any atom is 0.130 e. The summed E-state index contributed by atoms with van der Waals surface area (Å²) < 4.78 is 11.5. The predicted molar refractivity (Wildman–Crippen MR) is 104 cm³/mol. The molecule has 0 aromatic heterocycles. The Morgan fingerprint density at radius 3 is 2.73 bits per heavy atom. The Balaban J connectivity index is 1.87. The molecule has 1 aliphatic heterocycles. The van der Waals surface area contributed by atoms with Gasteiger partial charge in [0.2, 0.25) is 0 Å². The molecule has 1 atom stereocenters. The lowest BCUT2D eigenvalue weighted by Crippen LogP contribution is -2.08. The fourth-order valence-corrected chi connectivity index (χ4v) is 3.42. The third-order valence-corrected chi connectivity index (χ3v) is 4.74. The van der Waals surface area contributed by atoms with Crippen molar-refractivity contribution < 1.29 is 14.3 Å². The third-order valence-electron chi connectivity index (χ3n) is 4.74. The smallest absolute Gasteiger partial charge is 0.130 e. The Labute approximate surface area is 153 Å². The standard InChI is InChI=1S/C23H22O3/c1-16-12-18(8-5-11-24)23(26-15-19-14-25-19)22(13-16)21-10-4-7-17-6-2-3-9-20(17)21/h2-4,6-7,9-13,19H,5,8,14-15H2,1H3. The van der Waals surface area contributed by atoms with Gasteiger partial charge in [-0.05, 0) is 46.9 Å². The summed E-state index contributed by atoms with van der Waals surface area (Å²) in [5.74, 6) is 0.879. The van der Waals surface area contributed by atoms with Crippen LogP contribution in [0.2, 0.25) is 0 Å². The highest BCUT2D eigenvalue weighted by Crippen LogP contribution is 2.39. The second kappa shape index (κ2) is 7.30. The molecule has 1 heterocycles. The van der Waals surface area contributed by atoms with Crippen LogP contribution in [-0.4, -0.2) is 25.6 Å². The summed E-state index contributed by atoms with van der Waals surface area (Å²) in [5.41, 5.74) is 4.50. The van der Waals surface area contributed by atoms with E-state index in [-0.39, 0.29) is 6.10 Å². The van der Waals surface area contributed by atoms with Gasteiger partial charge in [0, 0.05) is 12.0 Å². The molecule has 0 radical (unpaired) electrons. The Hall–Kier alpha value is -2.65. The number of aryl methyl sites for hydroxylation is 2. The highest BCUT2D eigenvalue weighted by molar-refractivity contribution is 5.98. The number of hydrogen-bond donors (Lipinski definition) is 0. The number of aldehydes is 1. The SMILES string of the molecule is Cc1cc(CCC=O)c(OCC2CO2)c(-c2cccc3ccccc23)c1. The molecule has 3 heteroatoms. The number of rotatable bonds is 7. The number of ether oxygens (including phenoxy) is 2. The van der Waals surface area contributed by atoms with E-state index in [1.54, 1.807) is 0 Å². The predicted octanol–water partition coefficient (Wildman–Crippen LogP) is 4.72. The minimum absolute atomic E-state index is 0.190. The molecule has 1 aliphatic rings. The summed E-state index contributed by atoms with van der Waals surface area (Å²) in [7, 11) is 0. The molecule has 0 bridgehead atoms. The molecule has 1 saturated heterocycles. The van der Waals surface area contributed by atoms with Crippen LogP contribution in [0.5, 0.6) is 5.75 Å². The van der Waals surface area contributed by atoms with E-state index < -0.39 is 0 Å². The number of carbonyl (C=O) groups is 1. The Morgan fingerprint density at radius 1 is 1.12 bits per heavy atom. The minimum Gasteiger partial charge on any atom is -0.490 e. The molecule has 0 spiro atoms. The van der Waals surface area contributed by atoms with Gasteiger partial charge in [0.1, 0.15) is 24.7 Å². The van der Waals surface area contributed by atoms with E-state index in [1.165, 1.54) is 16.3 Å². The highest BCUT2D eigenvalue weighted by Gasteiger charge is 2.25. The second-order valence-corrected chi connectivity index (χ2v) is 6.80. The van der Waals surface area contributed by atoms with Crippen molar-refractivity contribution >= 4 is 17.1 Å². The van der Waals surface area contributed by atoms with E-state index in [1.807, 2.05) is 0 Å². The van der Waals surface area contributed by atoms with Gasteiger partial charge in [-0.3, -0.25) is 0 Å². The summed E-state index contributed by atoms with van der Waals surface area (Å²) in [6.07, 6.45) is 2.34. The first kappa shape index (κ1) is 16.8. The van der Waals surface area contributed by atoms with Gasteiger partial charge in [-0.15, -0.1) is 0 Å². The van der Waals surface area contributed by atoms with Crippen LogP contribution in [0.1, 0.15) is 17.5 Å². The first-order valence-electron chi connectivity index (χ1n) is 9.06. The van der Waals surface area contributed by atoms with E-state index in [2.05, 4.69) is 61.5 Å². The Kier molecular flexibility index (Phi) is 4.72. The number of fused-ring (bicyclic) bond motifs is 1. The molecule has 0 aliphatic carbocycles. The second-order valence-electron chi connectivity index (χ2n) is 6.80. The molecule has 26 heavy (non-hydrogen) atoms. The van der Waals surface area contributed by atoms with Gasteiger partial charge < -0.3 is 14.3 Å². The molecule has 132 valence electrons. The van der Waals surface area contributed by atoms with Gasteiger partial charge in [-0.1, -0.05) is 48.5 Å². The van der Waals surface area contributed by atoms with Crippen LogP contribution < -0.4 is 4.74 Å². The lowest BCUT2D eigenvalue weighted by Gasteiger charge is -2.18. The van der Waals surface area contributed by atoms with Gasteiger partial charge in [-0.25, -0.2) is 0 Å². The molecule has 0 saturated carbocycles. The van der Waals surface area contributed by atoms with E-state index in [4.69, 9.17) is 9.47 Å². The summed E-state index contributed by atoms with van der Waals surface area (Å²) >= 11 is 0. The maximum atomic E-state index is 10.9. The minimum atomic E-state index is 0.190. The molecular weight excluding hydrogens is 324 g/mol. The monoisotopic (exact) mass is 346 g/mol. The number of carbonyl (C=O) groups excluding carboxylic acids is 1. The van der Waals surface area contributed by atoms with Gasteiger partial charge in [0.25, 0.3) is 0 Å². The topological polar surface area (TPSA) is 38.8 Å². The van der Waals surface area contributed by atoms with Crippen molar-refractivity contribution in [2.75, 3.05) is 13.2 Å². The average Bonchev–Trinajstić information content (AvgIpc) is 3.49. The van der Waals surface area contributed by atoms with Crippen molar-refractivity contribution in [1.82, 2.24) is 0 Å². The van der Waals surface area contributed by atoms with Crippen LogP contribution in [0.3, 0.4) is 0 Å². The average molecular weight is 346 g/mol. The molecule has 1 fully saturated rings. The maximum absolute atomic E-state index is 10.9. The van der Waals surface area contributed by atoms with Gasteiger partial charge >= 0.3 is 0 Å². The zero-order valence-electron chi connectivity index (χ0n) is 14.9. The van der Waals surface area contributed by atoms with E-state index >= 15 is 0 Å². The zero-order valence-corrected chi connectivity index (χ0v) is 14.9. The number of epoxide rings is 1. The van der Waals surface area contributed by atoms with Gasteiger partial charge in [0.05, 0.1) is 6.61 Å². The lowest BCUT2D eigenvalue weighted by atomic mass is 9.93. The Bertz CT molecular complexity index is 936. The molecule has 3 aromatic carbocycles. The molecule has 0 amide bonds. The van der Waals surface area contributed by atoms with Crippen molar-refractivity contribution in [1.29, 1.82) is 0 Å². The third kappa shape index (κ3) is 3.49. The van der Waals surface area contributed by atoms with Crippen LogP contribution in [0.15, 0.2) is 54.6 Å². The van der Waals surface area contributed by atoms with Crippen LogP contribution in [0, 0.1) is 6.92 Å². The fourth-order valence-electron chi connectivity index (χ4n) is 3.42. The normalized spacial score (nSPS) is 15.8. The molecule has 0 N–H and O–H groups in total. The quantitative estimate of drug-likeness (QED) is 0.459. The van der Waals surface area contributed by atoms with Crippen molar-refractivity contribution in [2.24, 2.45) is 0 Å². The van der Waals surface area contributed by atoms with Gasteiger partial charge in [-0.2, -0.15) is 0 Å². The summed E-state index contributed by atoms with van der Waals surface area (Å²) in [6, 6.07) is 19.0. The van der Waals surface area contributed by atoms with E-state index in [9.17, 15) is 4.79 Å². The summed E-state index contributed by atoms with van der Waals surface area (Å²) in [6.45, 7) is 3.40. The van der Waals surface area contributed by atoms with Crippen molar-refractivity contribution in [3.05, 3.63) is 65.7 Å². The van der Waals surface area contributed by atoms with Crippen LogP contribution in [0.25, 0.3) is 21.9 Å². The van der Waals surface area contributed by atoms with Crippen LogP contribution in [-0.2, 0) is 16.0 Å². The van der Waals surface area contributed by atoms with Gasteiger partial charge in [0.15, 0.2) is 0 Å². The number of hydrogen-bond acceptors (Lipinski definition) is 3. The lowest BCUT2D eigenvalue weighted by molar-refractivity contribution is -0.107. The summed E-state index contributed by atoms with van der Waals surface area (Å²) in [5, 5.41) is 2.41. The molecular formula is C23H22O3. The molecule has 3 aromatic rings. The molecule has 1 unspecified atom stereocenters. The van der Waals surface area contributed by atoms with E-state index in [0.717, 1.165) is 35.3 Å². The van der Waals surface area contributed by atoms with Crippen molar-refractivity contribution in [3.8, 4) is 16.9 Å². The zero-order chi connectivity index (χ0) is 17.9. The first-order chi connectivity index (χ1) is 12.8. The molecule has 3 nitrogen and oxygen atoms in total. The molecule has 4 rings (SSSR count). The fraction of sp³-hybridized carbons (Fsp3) is 0.261. The highest BCUT2D eigenvalue weighted by atomic mass is 16.6. The van der Waals surface area contributed by atoms with Crippen LogP contribution in [0.4, 0.5) is 0 Å². The van der Waals surface area contributed by atoms with Crippen LogP contribution >= 0.6 is 0 Å². The largest absolute Gasteiger partial charge is 0.490 e. The van der Waals surface area contributed by atoms with E-state index in [0.29, 0.717) is 19.4 Å². The Morgan fingerprint density at radius 2 is 1.92 bits per heavy atom. The first-order valence-corrected chi connectivity index (χ1v) is 9.06. The van der Waals surface area contributed by atoms with Crippen molar-refractivity contribution in [2.45, 2.75) is 25.9 Å².